The van der Waals surface area contributed by atoms with Gasteiger partial charge in [0, 0.05) is 0 Å². The second-order valence-electron chi connectivity index (χ2n) is 5.06. The van der Waals surface area contributed by atoms with Crippen molar-refractivity contribution in [2.24, 2.45) is 5.92 Å². The van der Waals surface area contributed by atoms with Crippen LogP contribution in [0.15, 0.2) is 18.2 Å². The topological polar surface area (TPSA) is 46.5 Å². The number of halogens is 1. The van der Waals surface area contributed by atoms with Gasteiger partial charge < -0.3 is 9.84 Å². The minimum absolute atomic E-state index is 0.135. The fraction of sp³-hybridized carbons (Fsp3) is 0.533. The summed E-state index contributed by atoms with van der Waals surface area (Å²) in [5.74, 6) is 0.00663. The van der Waals surface area contributed by atoms with Gasteiger partial charge in [-0.15, -0.1) is 0 Å². The first-order chi connectivity index (χ1) is 9.18. The molecule has 0 atom stereocenters. The molecule has 1 aromatic carbocycles. The quantitative estimate of drug-likeness (QED) is 0.871. The molecule has 0 spiro atoms. The van der Waals surface area contributed by atoms with E-state index < -0.39 is 5.97 Å². The van der Waals surface area contributed by atoms with Crippen molar-refractivity contribution in [1.82, 2.24) is 0 Å². The van der Waals surface area contributed by atoms with Crippen LogP contribution in [0.4, 0.5) is 0 Å². The van der Waals surface area contributed by atoms with Crippen LogP contribution in [-0.2, 0) is 0 Å². The molecular weight excluding hydrogens is 264 g/mol. The number of carboxylic acid groups (broad SMARTS) is 1. The summed E-state index contributed by atoms with van der Waals surface area (Å²) < 4.78 is 5.62. The molecule has 3 nitrogen and oxygen atoms in total. The lowest BCUT2D eigenvalue weighted by atomic mass is 9.87. The van der Waals surface area contributed by atoms with Gasteiger partial charge in [0.1, 0.15) is 5.56 Å². The minimum atomic E-state index is -1.00. The maximum atomic E-state index is 11.1. The molecule has 0 bridgehead atoms. The molecule has 104 valence electrons. The smallest absolute Gasteiger partial charge is 0.339 e. The van der Waals surface area contributed by atoms with Crippen molar-refractivity contribution in [2.75, 3.05) is 6.61 Å². The number of hydrogen-bond acceptors (Lipinski definition) is 2. The van der Waals surface area contributed by atoms with Crippen LogP contribution < -0.4 is 4.74 Å². The van der Waals surface area contributed by atoms with Crippen LogP contribution in [0.3, 0.4) is 0 Å². The third kappa shape index (κ3) is 3.87. The number of para-hydroxylation sites is 1. The second kappa shape index (κ2) is 6.80. The summed E-state index contributed by atoms with van der Waals surface area (Å²) in [5, 5.41) is 9.46. The summed E-state index contributed by atoms with van der Waals surface area (Å²) >= 11 is 6.01. The van der Waals surface area contributed by atoms with Gasteiger partial charge in [-0.1, -0.05) is 49.8 Å². The average Bonchev–Trinajstić information content (AvgIpc) is 2.41. The van der Waals surface area contributed by atoms with E-state index in [0.717, 1.165) is 6.42 Å². The molecule has 0 radical (unpaired) electrons. The normalized spacial score (nSPS) is 16.3. The molecule has 1 saturated carbocycles. The molecule has 1 fully saturated rings. The summed E-state index contributed by atoms with van der Waals surface area (Å²) in [6.07, 6.45) is 7.44. The Morgan fingerprint density at radius 3 is 2.74 bits per heavy atom. The van der Waals surface area contributed by atoms with E-state index in [2.05, 4.69) is 0 Å². The van der Waals surface area contributed by atoms with Crippen LogP contribution in [0.1, 0.15) is 48.9 Å². The summed E-state index contributed by atoms with van der Waals surface area (Å²) in [5.41, 5.74) is 0.135. The Bertz CT molecular complexity index is 439. The van der Waals surface area contributed by atoms with E-state index in [0.29, 0.717) is 23.3 Å². The van der Waals surface area contributed by atoms with E-state index in [1.165, 1.54) is 38.2 Å². The fourth-order valence-electron chi connectivity index (χ4n) is 2.63. The molecule has 19 heavy (non-hydrogen) atoms. The number of aromatic carboxylic acids is 1. The third-order valence-electron chi connectivity index (χ3n) is 3.69. The van der Waals surface area contributed by atoms with E-state index in [4.69, 9.17) is 21.4 Å². The van der Waals surface area contributed by atoms with Crippen LogP contribution >= 0.6 is 11.6 Å². The van der Waals surface area contributed by atoms with Gasteiger partial charge in [0.2, 0.25) is 0 Å². The lowest BCUT2D eigenvalue weighted by molar-refractivity contribution is 0.0692. The summed E-state index contributed by atoms with van der Waals surface area (Å²) in [6, 6.07) is 4.80. The lowest BCUT2D eigenvalue weighted by Crippen LogP contribution is -2.12. The van der Waals surface area contributed by atoms with Crippen molar-refractivity contribution in [3.8, 4) is 5.75 Å². The van der Waals surface area contributed by atoms with E-state index in [1.54, 1.807) is 12.1 Å². The van der Waals surface area contributed by atoms with Crippen LogP contribution in [0.5, 0.6) is 5.75 Å². The van der Waals surface area contributed by atoms with Gasteiger partial charge >= 0.3 is 5.97 Å². The van der Waals surface area contributed by atoms with Gasteiger partial charge in [-0.25, -0.2) is 4.79 Å². The first kappa shape index (κ1) is 14.2. The fourth-order valence-corrected chi connectivity index (χ4v) is 2.86. The average molecular weight is 283 g/mol. The van der Waals surface area contributed by atoms with Gasteiger partial charge in [-0.2, -0.15) is 0 Å². The van der Waals surface area contributed by atoms with Crippen LogP contribution in [-0.4, -0.2) is 17.7 Å². The van der Waals surface area contributed by atoms with E-state index in [-0.39, 0.29) is 5.56 Å². The zero-order chi connectivity index (χ0) is 13.7. The van der Waals surface area contributed by atoms with Gasteiger partial charge in [0.25, 0.3) is 0 Å². The number of carboxylic acids is 1. The summed E-state index contributed by atoms with van der Waals surface area (Å²) in [4.78, 5) is 11.1. The van der Waals surface area contributed by atoms with E-state index in [9.17, 15) is 4.79 Å². The Labute approximate surface area is 118 Å². The van der Waals surface area contributed by atoms with Crippen LogP contribution in [0.2, 0.25) is 5.02 Å². The van der Waals surface area contributed by atoms with Gasteiger partial charge in [0.05, 0.1) is 11.6 Å². The lowest BCUT2D eigenvalue weighted by Gasteiger charge is -2.21. The molecule has 1 aromatic rings. The van der Waals surface area contributed by atoms with Crippen molar-refractivity contribution in [2.45, 2.75) is 38.5 Å². The Morgan fingerprint density at radius 1 is 1.32 bits per heavy atom. The highest BCUT2D eigenvalue weighted by Gasteiger charge is 2.16. The summed E-state index contributed by atoms with van der Waals surface area (Å²) in [7, 11) is 0. The Balaban J connectivity index is 1.93. The van der Waals surface area contributed by atoms with Gasteiger partial charge in [-0.3, -0.25) is 0 Å². The molecule has 0 aliphatic heterocycles. The molecule has 1 aliphatic rings. The molecule has 1 N–H and O–H groups in total. The molecule has 1 aliphatic carbocycles. The standard InChI is InChI=1S/C15H19ClO3/c16-13-8-4-7-12(15(17)18)14(13)19-10-9-11-5-2-1-3-6-11/h4,7-8,11H,1-3,5-6,9-10H2,(H,17,18). The highest BCUT2D eigenvalue weighted by atomic mass is 35.5. The number of rotatable bonds is 5. The maximum Gasteiger partial charge on any atom is 0.339 e. The highest BCUT2D eigenvalue weighted by Crippen LogP contribution is 2.30. The Hall–Kier alpha value is -1.22. The number of carbonyl (C=O) groups is 1. The van der Waals surface area contributed by atoms with E-state index in [1.807, 2.05) is 0 Å². The molecule has 4 heteroatoms. The van der Waals surface area contributed by atoms with Gasteiger partial charge in [-0.05, 0) is 24.5 Å². The maximum absolute atomic E-state index is 11.1. The molecule has 0 unspecified atom stereocenters. The highest BCUT2D eigenvalue weighted by molar-refractivity contribution is 6.32. The molecule has 2 rings (SSSR count). The Kier molecular flexibility index (Phi) is 5.08. The third-order valence-corrected chi connectivity index (χ3v) is 3.99. The first-order valence-electron chi connectivity index (χ1n) is 6.83. The van der Waals surface area contributed by atoms with Crippen molar-refractivity contribution < 1.29 is 14.6 Å². The largest absolute Gasteiger partial charge is 0.491 e. The second-order valence-corrected chi connectivity index (χ2v) is 5.47. The monoisotopic (exact) mass is 282 g/mol. The van der Waals surface area contributed by atoms with Gasteiger partial charge in [0.15, 0.2) is 5.75 Å². The SMILES string of the molecule is O=C(O)c1cccc(Cl)c1OCCC1CCCCC1. The summed E-state index contributed by atoms with van der Waals surface area (Å²) in [6.45, 7) is 0.536. The van der Waals surface area contributed by atoms with Crippen molar-refractivity contribution >= 4 is 17.6 Å². The molecular formula is C15H19ClO3. The zero-order valence-electron chi connectivity index (χ0n) is 10.9. The molecule has 0 aromatic heterocycles. The van der Waals surface area contributed by atoms with Crippen molar-refractivity contribution in [3.63, 3.8) is 0 Å². The Morgan fingerprint density at radius 2 is 2.05 bits per heavy atom. The zero-order valence-corrected chi connectivity index (χ0v) is 11.7. The molecule has 0 heterocycles. The predicted octanol–water partition coefficient (Wildman–Crippen LogP) is 4.39. The minimum Gasteiger partial charge on any atom is -0.491 e. The number of ether oxygens (including phenoxy) is 1. The number of hydrogen-bond donors (Lipinski definition) is 1. The first-order valence-corrected chi connectivity index (χ1v) is 7.21. The van der Waals surface area contributed by atoms with Crippen LogP contribution in [0.25, 0.3) is 0 Å². The number of benzene rings is 1. The molecule has 0 amide bonds. The van der Waals surface area contributed by atoms with E-state index >= 15 is 0 Å². The van der Waals surface area contributed by atoms with Crippen molar-refractivity contribution in [3.05, 3.63) is 28.8 Å². The predicted molar refractivity (Wildman–Crippen MR) is 75.1 cm³/mol. The molecule has 0 saturated heterocycles. The van der Waals surface area contributed by atoms with Crippen molar-refractivity contribution in [1.29, 1.82) is 0 Å². The van der Waals surface area contributed by atoms with Crippen LogP contribution in [0, 0.1) is 5.92 Å².